The molecule has 1 N–H and O–H groups in total. The first-order valence-electron chi connectivity index (χ1n) is 8.02. The Bertz CT molecular complexity index is 668. The molecule has 1 aliphatic heterocycles. The van der Waals surface area contributed by atoms with Gasteiger partial charge in [0.1, 0.15) is 11.9 Å². The molecule has 0 amide bonds. The van der Waals surface area contributed by atoms with Gasteiger partial charge in [0.25, 0.3) is 0 Å². The molecule has 0 radical (unpaired) electrons. The highest BCUT2D eigenvalue weighted by Gasteiger charge is 2.32. The number of nitrogens with zero attached hydrogens (tertiary/aromatic N) is 4. The van der Waals surface area contributed by atoms with E-state index in [-0.39, 0.29) is 12.1 Å². The zero-order chi connectivity index (χ0) is 14.9. The van der Waals surface area contributed by atoms with Gasteiger partial charge in [0.05, 0.1) is 29.3 Å². The fourth-order valence-corrected chi connectivity index (χ4v) is 3.40. The van der Waals surface area contributed by atoms with Crippen molar-refractivity contribution >= 4 is 5.82 Å². The van der Waals surface area contributed by atoms with E-state index in [1.165, 1.54) is 18.5 Å². The fraction of sp³-hybridized carbons (Fsp3) is 0.562. The molecule has 0 bridgehead atoms. The van der Waals surface area contributed by atoms with Gasteiger partial charge in [0.15, 0.2) is 0 Å². The third kappa shape index (κ3) is 2.47. The Balaban J connectivity index is 1.54. The number of rotatable bonds is 3. The van der Waals surface area contributed by atoms with E-state index in [1.54, 1.807) is 0 Å². The van der Waals surface area contributed by atoms with Gasteiger partial charge >= 0.3 is 0 Å². The van der Waals surface area contributed by atoms with E-state index in [0.717, 1.165) is 43.1 Å². The number of fused-ring (bicyclic) bond motifs is 1. The highest BCUT2D eigenvalue weighted by atomic mass is 16.5. The molecule has 4 rings (SSSR count). The third-order valence-electron chi connectivity index (χ3n) is 4.58. The number of anilines is 1. The van der Waals surface area contributed by atoms with Crippen LogP contribution < -0.4 is 5.32 Å². The molecule has 22 heavy (non-hydrogen) atoms. The van der Waals surface area contributed by atoms with Gasteiger partial charge in [0.2, 0.25) is 0 Å². The van der Waals surface area contributed by atoms with Crippen LogP contribution in [0.1, 0.15) is 42.4 Å². The Hall–Kier alpha value is -1.95. The van der Waals surface area contributed by atoms with Gasteiger partial charge in [-0.15, -0.1) is 0 Å². The van der Waals surface area contributed by atoms with Crippen molar-refractivity contribution in [1.82, 2.24) is 19.7 Å². The number of hydrogen-bond acceptors (Lipinski definition) is 5. The van der Waals surface area contributed by atoms with Crippen molar-refractivity contribution in [3.63, 3.8) is 0 Å². The van der Waals surface area contributed by atoms with Crippen LogP contribution in [0.25, 0.3) is 0 Å². The summed E-state index contributed by atoms with van der Waals surface area (Å²) in [6.45, 7) is 0.756. The van der Waals surface area contributed by atoms with Crippen molar-refractivity contribution in [3.05, 3.63) is 35.5 Å². The highest BCUT2D eigenvalue weighted by Crippen LogP contribution is 2.31. The van der Waals surface area contributed by atoms with Crippen LogP contribution in [-0.4, -0.2) is 32.4 Å². The topological polar surface area (TPSA) is 64.9 Å². The number of ether oxygens (including phenoxy) is 1. The minimum absolute atomic E-state index is 0.0188. The lowest BCUT2D eigenvalue weighted by Crippen LogP contribution is -2.26. The van der Waals surface area contributed by atoms with E-state index in [2.05, 4.69) is 15.4 Å². The van der Waals surface area contributed by atoms with Crippen molar-refractivity contribution in [2.45, 2.75) is 44.2 Å². The summed E-state index contributed by atoms with van der Waals surface area (Å²) >= 11 is 0. The Morgan fingerprint density at radius 1 is 1.27 bits per heavy atom. The van der Waals surface area contributed by atoms with Crippen molar-refractivity contribution in [3.8, 4) is 0 Å². The van der Waals surface area contributed by atoms with E-state index in [9.17, 15) is 0 Å². The normalized spacial score (nSPS) is 24.2. The molecule has 1 saturated heterocycles. The number of aryl methyl sites for hydroxylation is 3. The molecule has 1 fully saturated rings. The van der Waals surface area contributed by atoms with Crippen LogP contribution in [0.2, 0.25) is 0 Å². The first kappa shape index (κ1) is 13.7. The van der Waals surface area contributed by atoms with Gasteiger partial charge in [-0.05, 0) is 38.2 Å². The molecule has 116 valence electrons. The highest BCUT2D eigenvalue weighted by molar-refractivity contribution is 5.37. The van der Waals surface area contributed by atoms with E-state index in [0.29, 0.717) is 0 Å². The lowest BCUT2D eigenvalue weighted by molar-refractivity contribution is 0.101. The summed E-state index contributed by atoms with van der Waals surface area (Å²) in [4.78, 5) is 9.35. The van der Waals surface area contributed by atoms with E-state index >= 15 is 0 Å². The fourth-order valence-electron chi connectivity index (χ4n) is 3.40. The maximum absolute atomic E-state index is 5.90. The molecule has 2 aromatic rings. The van der Waals surface area contributed by atoms with E-state index in [4.69, 9.17) is 9.72 Å². The van der Waals surface area contributed by atoms with Crippen LogP contribution in [0.5, 0.6) is 0 Å². The zero-order valence-corrected chi connectivity index (χ0v) is 12.8. The lowest BCUT2D eigenvalue weighted by atomic mass is 10.0. The molecule has 0 saturated carbocycles. The Kier molecular flexibility index (Phi) is 3.54. The molecule has 0 aromatic carbocycles. The smallest absolute Gasteiger partial charge is 0.145 e. The standard InChI is InChI=1S/C16H21N5O/c1-21-14(6-8-18-21)16-13(7-9-22-16)20-15-10-17-11-4-2-3-5-12(11)19-15/h6,8,10,13,16H,2-5,7,9H2,1H3,(H,19,20)/t13-,16-/m0/s1. The summed E-state index contributed by atoms with van der Waals surface area (Å²) in [5.41, 5.74) is 3.43. The molecular weight excluding hydrogens is 278 g/mol. The van der Waals surface area contributed by atoms with Crippen molar-refractivity contribution < 1.29 is 4.74 Å². The maximum Gasteiger partial charge on any atom is 0.145 e. The lowest BCUT2D eigenvalue weighted by Gasteiger charge is -2.21. The first-order valence-corrected chi connectivity index (χ1v) is 8.02. The first-order chi connectivity index (χ1) is 10.8. The minimum atomic E-state index is 0.0188. The predicted molar refractivity (Wildman–Crippen MR) is 82.6 cm³/mol. The summed E-state index contributed by atoms with van der Waals surface area (Å²) in [7, 11) is 1.95. The molecule has 2 aliphatic rings. The minimum Gasteiger partial charge on any atom is -0.370 e. The molecule has 6 nitrogen and oxygen atoms in total. The molecule has 3 heterocycles. The SMILES string of the molecule is Cn1nccc1[C@H]1OCC[C@@H]1Nc1cnc2c(n1)CCCC2. The number of nitrogens with one attached hydrogen (secondary N) is 1. The van der Waals surface area contributed by atoms with Crippen LogP contribution in [0, 0.1) is 0 Å². The summed E-state index contributed by atoms with van der Waals surface area (Å²) in [5, 5.41) is 7.76. The Morgan fingerprint density at radius 2 is 2.14 bits per heavy atom. The second-order valence-electron chi connectivity index (χ2n) is 6.07. The average molecular weight is 299 g/mol. The van der Waals surface area contributed by atoms with E-state index < -0.39 is 0 Å². The van der Waals surface area contributed by atoms with Gasteiger partial charge in [-0.2, -0.15) is 5.10 Å². The quantitative estimate of drug-likeness (QED) is 0.939. The van der Waals surface area contributed by atoms with Gasteiger partial charge in [-0.25, -0.2) is 4.98 Å². The summed E-state index contributed by atoms with van der Waals surface area (Å²) in [6.07, 6.45) is 9.22. The van der Waals surface area contributed by atoms with Gasteiger partial charge in [-0.3, -0.25) is 9.67 Å². The van der Waals surface area contributed by atoms with Gasteiger partial charge in [0, 0.05) is 19.9 Å². The predicted octanol–water partition coefficient (Wildman–Crippen LogP) is 2.03. The molecular formula is C16H21N5O. The Labute approximate surface area is 129 Å². The van der Waals surface area contributed by atoms with Crippen molar-refractivity contribution in [2.24, 2.45) is 7.05 Å². The third-order valence-corrected chi connectivity index (χ3v) is 4.58. The van der Waals surface area contributed by atoms with Crippen LogP contribution in [0.4, 0.5) is 5.82 Å². The molecule has 2 atom stereocenters. The van der Waals surface area contributed by atoms with Crippen LogP contribution >= 0.6 is 0 Å². The molecule has 2 aromatic heterocycles. The number of hydrogen-bond donors (Lipinski definition) is 1. The molecule has 6 heteroatoms. The zero-order valence-electron chi connectivity index (χ0n) is 12.8. The second kappa shape index (κ2) is 5.68. The summed E-state index contributed by atoms with van der Waals surface area (Å²) in [5.74, 6) is 0.864. The van der Waals surface area contributed by atoms with Gasteiger partial charge < -0.3 is 10.1 Å². The molecule has 0 unspecified atom stereocenters. The van der Waals surface area contributed by atoms with Crippen LogP contribution in [0.15, 0.2) is 18.5 Å². The molecule has 1 aliphatic carbocycles. The summed E-state index contributed by atoms with van der Waals surface area (Å²) < 4.78 is 7.78. The number of aromatic nitrogens is 4. The van der Waals surface area contributed by atoms with Crippen LogP contribution in [-0.2, 0) is 24.6 Å². The molecule has 0 spiro atoms. The monoisotopic (exact) mass is 299 g/mol. The van der Waals surface area contributed by atoms with Gasteiger partial charge in [-0.1, -0.05) is 0 Å². The van der Waals surface area contributed by atoms with Crippen LogP contribution in [0.3, 0.4) is 0 Å². The second-order valence-corrected chi connectivity index (χ2v) is 6.07. The Morgan fingerprint density at radius 3 is 2.95 bits per heavy atom. The van der Waals surface area contributed by atoms with E-state index in [1.807, 2.05) is 30.2 Å². The van der Waals surface area contributed by atoms with Crippen molar-refractivity contribution in [2.75, 3.05) is 11.9 Å². The largest absolute Gasteiger partial charge is 0.370 e. The summed E-state index contributed by atoms with van der Waals surface area (Å²) in [6, 6.07) is 2.23. The maximum atomic E-state index is 5.90. The average Bonchev–Trinajstić information content (AvgIpc) is 3.15. The van der Waals surface area contributed by atoms with Crippen molar-refractivity contribution in [1.29, 1.82) is 0 Å².